The van der Waals surface area contributed by atoms with Gasteiger partial charge in [-0.1, -0.05) is 48.0 Å². The summed E-state index contributed by atoms with van der Waals surface area (Å²) in [5.74, 6) is 0.720. The summed E-state index contributed by atoms with van der Waals surface area (Å²) in [4.78, 5) is 0. The Labute approximate surface area is 85.6 Å². The van der Waals surface area contributed by atoms with Crippen LogP contribution in [0.25, 0.3) is 0 Å². The largest absolute Gasteiger partial charge is 0.416 e. The zero-order valence-electron chi connectivity index (χ0n) is 10.1. The lowest BCUT2D eigenvalue weighted by Gasteiger charge is -2.23. The van der Waals surface area contributed by atoms with E-state index >= 15 is 0 Å². The molecule has 1 radical (unpaired) electrons. The number of rotatable bonds is 6. The minimum absolute atomic E-state index is 0.584. The van der Waals surface area contributed by atoms with Crippen molar-refractivity contribution >= 4 is 9.04 Å². The molecule has 0 aromatic heterocycles. The average Bonchev–Trinajstić information content (AvgIpc) is 2.03. The van der Waals surface area contributed by atoms with Gasteiger partial charge in [0.05, 0.1) is 0 Å². The van der Waals surface area contributed by atoms with Crippen molar-refractivity contribution in [3.05, 3.63) is 0 Å². The van der Waals surface area contributed by atoms with Crippen LogP contribution in [0.1, 0.15) is 48.0 Å². The third kappa shape index (κ3) is 5.48. The van der Waals surface area contributed by atoms with Crippen LogP contribution in [0.2, 0.25) is 11.1 Å². The van der Waals surface area contributed by atoms with E-state index < -0.39 is 9.04 Å². The number of hydrogen-bond acceptors (Lipinski definition) is 1. The Kier molecular flexibility index (Phi) is 6.69. The first-order valence-electron chi connectivity index (χ1n) is 5.48. The van der Waals surface area contributed by atoms with Crippen LogP contribution in [0.3, 0.4) is 0 Å². The van der Waals surface area contributed by atoms with Crippen LogP contribution >= 0.6 is 0 Å². The van der Waals surface area contributed by atoms with E-state index in [1.165, 1.54) is 6.42 Å². The van der Waals surface area contributed by atoms with Gasteiger partial charge < -0.3 is 4.43 Å². The van der Waals surface area contributed by atoms with E-state index in [0.717, 1.165) is 23.6 Å². The van der Waals surface area contributed by atoms with Gasteiger partial charge in [-0.25, -0.2) is 0 Å². The molecule has 0 saturated heterocycles. The molecule has 0 bridgehead atoms. The molecule has 0 fully saturated rings. The Balaban J connectivity index is 3.83. The van der Waals surface area contributed by atoms with Gasteiger partial charge in [0.25, 0.3) is 0 Å². The van der Waals surface area contributed by atoms with Gasteiger partial charge in [-0.05, 0) is 17.0 Å². The van der Waals surface area contributed by atoms with Crippen molar-refractivity contribution in [1.82, 2.24) is 0 Å². The molecule has 79 valence electrons. The molecule has 2 heteroatoms. The summed E-state index contributed by atoms with van der Waals surface area (Å²) in [5.41, 5.74) is 1.46. The summed E-state index contributed by atoms with van der Waals surface area (Å²) in [6.45, 7) is 14.6. The first-order chi connectivity index (χ1) is 5.99. The van der Waals surface area contributed by atoms with E-state index in [1.807, 2.05) is 0 Å². The summed E-state index contributed by atoms with van der Waals surface area (Å²) in [6.07, 6.45) is 1.23. The van der Waals surface area contributed by atoms with E-state index in [2.05, 4.69) is 41.5 Å². The summed E-state index contributed by atoms with van der Waals surface area (Å²) in [5, 5.41) is 0. The quantitative estimate of drug-likeness (QED) is 0.593. The Morgan fingerprint density at radius 2 is 1.46 bits per heavy atom. The molecule has 0 aliphatic rings. The number of hydrogen-bond donors (Lipinski definition) is 0. The lowest BCUT2D eigenvalue weighted by molar-refractivity contribution is 0.248. The van der Waals surface area contributed by atoms with Crippen molar-refractivity contribution in [2.75, 3.05) is 6.61 Å². The van der Waals surface area contributed by atoms with Gasteiger partial charge in [0, 0.05) is 6.61 Å². The molecule has 0 aliphatic heterocycles. The maximum Gasteiger partial charge on any atom is 0.216 e. The molecular formula is C11H25OSi. The molecule has 13 heavy (non-hydrogen) atoms. The molecule has 0 aromatic rings. The molecule has 0 saturated carbocycles. The predicted octanol–water partition coefficient (Wildman–Crippen LogP) is 3.86. The lowest BCUT2D eigenvalue weighted by atomic mass is 10.1. The molecule has 0 aromatic carbocycles. The minimum Gasteiger partial charge on any atom is -0.416 e. The van der Waals surface area contributed by atoms with Crippen LogP contribution < -0.4 is 0 Å². The van der Waals surface area contributed by atoms with Gasteiger partial charge >= 0.3 is 0 Å². The highest BCUT2D eigenvalue weighted by molar-refractivity contribution is 6.54. The molecule has 0 N–H and O–H groups in total. The lowest BCUT2D eigenvalue weighted by Crippen LogP contribution is -2.27. The highest BCUT2D eigenvalue weighted by Crippen LogP contribution is 2.21. The maximum atomic E-state index is 6.02. The second-order valence-electron chi connectivity index (χ2n) is 4.54. The van der Waals surface area contributed by atoms with E-state index in [-0.39, 0.29) is 0 Å². The highest BCUT2D eigenvalue weighted by atomic mass is 28.3. The van der Waals surface area contributed by atoms with Crippen molar-refractivity contribution in [1.29, 1.82) is 0 Å². The summed E-state index contributed by atoms with van der Waals surface area (Å²) < 4.78 is 6.02. The molecule has 1 nitrogen and oxygen atoms in total. The first-order valence-corrected chi connectivity index (χ1v) is 7.04. The Hall–Kier alpha value is 0.177. The maximum absolute atomic E-state index is 6.02. The predicted molar refractivity (Wildman–Crippen MR) is 61.4 cm³/mol. The van der Waals surface area contributed by atoms with E-state index in [4.69, 9.17) is 4.43 Å². The summed E-state index contributed by atoms with van der Waals surface area (Å²) in [6, 6.07) is 0. The standard InChI is InChI=1S/C11H25OSi/c1-7-11(6)8-12-13(9(2)3)10(4)5/h9-11H,7-8H2,1-6H3. The Bertz CT molecular complexity index is 115. The van der Waals surface area contributed by atoms with Crippen LogP contribution in [0.5, 0.6) is 0 Å². The molecule has 0 heterocycles. The molecule has 0 aliphatic carbocycles. The van der Waals surface area contributed by atoms with Crippen molar-refractivity contribution in [2.45, 2.75) is 59.0 Å². The SMILES string of the molecule is CCC(C)CO[Si](C(C)C)C(C)C. The molecule has 0 spiro atoms. The van der Waals surface area contributed by atoms with E-state index in [0.29, 0.717) is 0 Å². The van der Waals surface area contributed by atoms with Gasteiger partial charge in [-0.15, -0.1) is 0 Å². The summed E-state index contributed by atoms with van der Waals surface area (Å²) >= 11 is 0. The van der Waals surface area contributed by atoms with Crippen LogP contribution in [-0.2, 0) is 4.43 Å². The topological polar surface area (TPSA) is 9.23 Å². The van der Waals surface area contributed by atoms with Crippen molar-refractivity contribution < 1.29 is 4.43 Å². The normalized spacial score (nSPS) is 14.5. The monoisotopic (exact) mass is 201 g/mol. The zero-order chi connectivity index (χ0) is 10.4. The van der Waals surface area contributed by atoms with Crippen LogP contribution in [0, 0.1) is 5.92 Å². The summed E-state index contributed by atoms with van der Waals surface area (Å²) in [7, 11) is -0.584. The third-order valence-corrected chi connectivity index (χ3v) is 5.15. The van der Waals surface area contributed by atoms with Gasteiger partial charge in [0.1, 0.15) is 0 Å². The van der Waals surface area contributed by atoms with Gasteiger partial charge in [-0.2, -0.15) is 0 Å². The minimum atomic E-state index is -0.584. The van der Waals surface area contributed by atoms with Crippen LogP contribution in [0.15, 0.2) is 0 Å². The van der Waals surface area contributed by atoms with Crippen molar-refractivity contribution in [3.8, 4) is 0 Å². The van der Waals surface area contributed by atoms with Gasteiger partial charge in [0.15, 0.2) is 0 Å². The highest BCUT2D eigenvalue weighted by Gasteiger charge is 2.22. The van der Waals surface area contributed by atoms with E-state index in [1.54, 1.807) is 0 Å². The fourth-order valence-corrected chi connectivity index (χ4v) is 3.83. The fraction of sp³-hybridized carbons (Fsp3) is 1.00. The van der Waals surface area contributed by atoms with Crippen LogP contribution in [-0.4, -0.2) is 15.6 Å². The zero-order valence-corrected chi connectivity index (χ0v) is 11.1. The molecule has 0 amide bonds. The third-order valence-electron chi connectivity index (χ3n) is 2.37. The molecule has 0 rings (SSSR count). The second kappa shape index (κ2) is 6.60. The van der Waals surface area contributed by atoms with Crippen molar-refractivity contribution in [2.24, 2.45) is 5.92 Å². The molecular weight excluding hydrogens is 176 g/mol. The Morgan fingerprint density at radius 1 is 1.00 bits per heavy atom. The Morgan fingerprint density at radius 3 is 1.77 bits per heavy atom. The van der Waals surface area contributed by atoms with Crippen LogP contribution in [0.4, 0.5) is 0 Å². The van der Waals surface area contributed by atoms with Gasteiger partial charge in [0.2, 0.25) is 9.04 Å². The first kappa shape index (κ1) is 13.2. The fourth-order valence-electron chi connectivity index (χ4n) is 1.36. The molecule has 1 atom stereocenters. The molecule has 1 unspecified atom stereocenters. The second-order valence-corrected chi connectivity index (χ2v) is 7.94. The van der Waals surface area contributed by atoms with Crippen molar-refractivity contribution in [3.63, 3.8) is 0 Å². The van der Waals surface area contributed by atoms with Gasteiger partial charge in [-0.3, -0.25) is 0 Å². The average molecular weight is 201 g/mol. The smallest absolute Gasteiger partial charge is 0.216 e. The van der Waals surface area contributed by atoms with E-state index in [9.17, 15) is 0 Å².